The monoisotopic (exact) mass is 334 g/mol. The number of ketones is 1. The zero-order valence-electron chi connectivity index (χ0n) is 14.4. The predicted molar refractivity (Wildman–Crippen MR) is 96.5 cm³/mol. The molecule has 1 aliphatic heterocycles. The molecule has 0 N–H and O–H groups in total. The zero-order chi connectivity index (χ0) is 17.7. The van der Waals surface area contributed by atoms with Gasteiger partial charge in [0.15, 0.2) is 5.78 Å². The third-order valence-electron chi connectivity index (χ3n) is 4.84. The molecule has 0 unspecified atom stereocenters. The van der Waals surface area contributed by atoms with Crippen molar-refractivity contribution >= 4 is 16.7 Å². The second kappa shape index (κ2) is 5.55. The molecule has 4 rings (SSSR count). The van der Waals surface area contributed by atoms with Crippen LogP contribution in [0.3, 0.4) is 0 Å². The molecular formula is C20H18N2O3. The van der Waals surface area contributed by atoms with E-state index in [-0.39, 0.29) is 11.3 Å². The molecule has 1 aromatic carbocycles. The summed E-state index contributed by atoms with van der Waals surface area (Å²) in [5, 5.41) is 1.00. The second-order valence-electron chi connectivity index (χ2n) is 6.29. The minimum atomic E-state index is -0.117. The largest absolute Gasteiger partial charge is 0.497 e. The average Bonchev–Trinajstić information content (AvgIpc) is 2.99. The fourth-order valence-electron chi connectivity index (χ4n) is 3.41. The molecule has 5 nitrogen and oxygen atoms in total. The summed E-state index contributed by atoms with van der Waals surface area (Å²) in [5.74, 6) is 0.718. The van der Waals surface area contributed by atoms with Crippen LogP contribution in [0.4, 0.5) is 0 Å². The van der Waals surface area contributed by atoms with Gasteiger partial charge in [0.05, 0.1) is 30.6 Å². The highest BCUT2D eigenvalue weighted by molar-refractivity contribution is 5.98. The van der Waals surface area contributed by atoms with Gasteiger partial charge in [0, 0.05) is 34.6 Å². The van der Waals surface area contributed by atoms with Crippen molar-refractivity contribution in [2.45, 2.75) is 26.8 Å². The molecule has 25 heavy (non-hydrogen) atoms. The van der Waals surface area contributed by atoms with E-state index in [0.717, 1.165) is 27.9 Å². The summed E-state index contributed by atoms with van der Waals surface area (Å²) in [5.41, 5.74) is 4.18. The van der Waals surface area contributed by atoms with Crippen molar-refractivity contribution in [3.63, 3.8) is 0 Å². The molecule has 0 atom stereocenters. The van der Waals surface area contributed by atoms with E-state index >= 15 is 0 Å². The van der Waals surface area contributed by atoms with Crippen molar-refractivity contribution in [2.75, 3.05) is 7.11 Å². The van der Waals surface area contributed by atoms with Crippen molar-refractivity contribution in [1.29, 1.82) is 0 Å². The highest BCUT2D eigenvalue weighted by atomic mass is 16.5. The summed E-state index contributed by atoms with van der Waals surface area (Å²) in [6.45, 7) is 4.01. The van der Waals surface area contributed by atoms with Crippen molar-refractivity contribution in [2.24, 2.45) is 0 Å². The standard InChI is InChI=1S/C20H18N2O3/c1-4-18(23)15-9-17-19-13(10-22(17)20(24)11(15)2)7-12-5-6-14(25-3)8-16(12)21-19/h5-9H,4,10H2,1-3H3. The van der Waals surface area contributed by atoms with E-state index in [1.807, 2.05) is 24.3 Å². The first kappa shape index (κ1) is 15.6. The maximum atomic E-state index is 12.7. The summed E-state index contributed by atoms with van der Waals surface area (Å²) in [6, 6.07) is 9.60. The second-order valence-corrected chi connectivity index (χ2v) is 6.29. The number of methoxy groups -OCH3 is 1. The minimum Gasteiger partial charge on any atom is -0.497 e. The van der Waals surface area contributed by atoms with Crippen LogP contribution in [0.2, 0.25) is 0 Å². The Kier molecular flexibility index (Phi) is 3.46. The van der Waals surface area contributed by atoms with E-state index in [9.17, 15) is 9.59 Å². The molecule has 0 bridgehead atoms. The number of benzene rings is 1. The molecule has 0 saturated heterocycles. The number of fused-ring (bicyclic) bond motifs is 4. The molecule has 0 spiro atoms. The maximum absolute atomic E-state index is 12.7. The van der Waals surface area contributed by atoms with Gasteiger partial charge in [-0.2, -0.15) is 0 Å². The summed E-state index contributed by atoms with van der Waals surface area (Å²) in [7, 11) is 1.62. The van der Waals surface area contributed by atoms with Gasteiger partial charge < -0.3 is 9.30 Å². The van der Waals surface area contributed by atoms with E-state index in [4.69, 9.17) is 9.72 Å². The van der Waals surface area contributed by atoms with E-state index in [1.165, 1.54) is 0 Å². The van der Waals surface area contributed by atoms with Crippen LogP contribution < -0.4 is 10.3 Å². The summed E-state index contributed by atoms with van der Waals surface area (Å²) in [4.78, 5) is 29.7. The van der Waals surface area contributed by atoms with Crippen LogP contribution in [0, 0.1) is 6.92 Å². The topological polar surface area (TPSA) is 61.2 Å². The normalized spacial score (nSPS) is 12.1. The first-order valence-corrected chi connectivity index (χ1v) is 8.29. The lowest BCUT2D eigenvalue weighted by Crippen LogP contribution is -2.24. The van der Waals surface area contributed by atoms with Crippen molar-refractivity contribution in [3.05, 3.63) is 57.4 Å². The molecule has 0 amide bonds. The lowest BCUT2D eigenvalue weighted by Gasteiger charge is -2.09. The molecule has 0 radical (unpaired) electrons. The summed E-state index contributed by atoms with van der Waals surface area (Å²) in [6.07, 6.45) is 0.374. The van der Waals surface area contributed by atoms with E-state index in [0.29, 0.717) is 29.8 Å². The lowest BCUT2D eigenvalue weighted by atomic mass is 10.0. The fourth-order valence-corrected chi connectivity index (χ4v) is 3.41. The number of aromatic nitrogens is 2. The Morgan fingerprint density at radius 2 is 2.08 bits per heavy atom. The molecule has 0 fully saturated rings. The van der Waals surface area contributed by atoms with Crippen LogP contribution in [0.1, 0.15) is 34.8 Å². The third kappa shape index (κ3) is 2.27. The summed E-state index contributed by atoms with van der Waals surface area (Å²) < 4.78 is 6.98. The van der Waals surface area contributed by atoms with Crippen LogP contribution >= 0.6 is 0 Å². The highest BCUT2D eigenvalue weighted by Crippen LogP contribution is 2.33. The number of ether oxygens (including phenoxy) is 1. The lowest BCUT2D eigenvalue weighted by molar-refractivity contribution is 0.0987. The maximum Gasteiger partial charge on any atom is 0.255 e. The molecule has 1 aliphatic rings. The van der Waals surface area contributed by atoms with Gasteiger partial charge in [-0.3, -0.25) is 9.59 Å². The van der Waals surface area contributed by atoms with Gasteiger partial charge in [-0.25, -0.2) is 4.98 Å². The van der Waals surface area contributed by atoms with Crippen molar-refractivity contribution in [1.82, 2.24) is 9.55 Å². The molecule has 2 aromatic heterocycles. The van der Waals surface area contributed by atoms with Gasteiger partial charge >= 0.3 is 0 Å². The Morgan fingerprint density at radius 1 is 1.28 bits per heavy atom. The third-order valence-corrected chi connectivity index (χ3v) is 4.84. The van der Waals surface area contributed by atoms with Crippen LogP contribution in [0.15, 0.2) is 35.1 Å². The van der Waals surface area contributed by atoms with Gasteiger partial charge in [0.1, 0.15) is 5.75 Å². The first-order valence-electron chi connectivity index (χ1n) is 8.29. The molecule has 0 aliphatic carbocycles. The predicted octanol–water partition coefficient (Wildman–Crippen LogP) is 3.33. The number of hydrogen-bond donors (Lipinski definition) is 0. The number of hydrogen-bond acceptors (Lipinski definition) is 4. The number of carbonyl (C=O) groups is 1. The number of pyridine rings is 2. The van der Waals surface area contributed by atoms with Crippen molar-refractivity contribution < 1.29 is 9.53 Å². The number of Topliss-reactive ketones (excluding diaryl/α,β-unsaturated/α-hetero) is 1. The number of nitrogens with zero attached hydrogens (tertiary/aromatic N) is 2. The number of rotatable bonds is 3. The molecule has 3 aromatic rings. The highest BCUT2D eigenvalue weighted by Gasteiger charge is 2.25. The minimum absolute atomic E-state index is 0.0195. The van der Waals surface area contributed by atoms with Gasteiger partial charge in [-0.05, 0) is 31.2 Å². The molecule has 3 heterocycles. The van der Waals surface area contributed by atoms with Crippen LogP contribution in [0.5, 0.6) is 5.75 Å². The molecular weight excluding hydrogens is 316 g/mol. The van der Waals surface area contributed by atoms with Crippen LogP contribution in [-0.4, -0.2) is 22.4 Å². The van der Waals surface area contributed by atoms with E-state index < -0.39 is 0 Å². The molecule has 5 heteroatoms. The van der Waals surface area contributed by atoms with E-state index in [2.05, 4.69) is 6.07 Å². The molecule has 126 valence electrons. The summed E-state index contributed by atoms with van der Waals surface area (Å²) >= 11 is 0. The van der Waals surface area contributed by atoms with Gasteiger partial charge in [0.25, 0.3) is 5.56 Å². The Balaban J connectivity index is 1.98. The zero-order valence-corrected chi connectivity index (χ0v) is 14.4. The quantitative estimate of drug-likeness (QED) is 0.539. The Hall–Kier alpha value is -2.95. The van der Waals surface area contributed by atoms with Gasteiger partial charge in [-0.15, -0.1) is 0 Å². The van der Waals surface area contributed by atoms with Crippen LogP contribution in [0.25, 0.3) is 22.3 Å². The number of carbonyl (C=O) groups excluding carboxylic acids is 1. The Morgan fingerprint density at radius 3 is 2.80 bits per heavy atom. The molecule has 0 saturated carbocycles. The van der Waals surface area contributed by atoms with Gasteiger partial charge in [-0.1, -0.05) is 6.92 Å². The SMILES string of the molecule is CCC(=O)c1cc2n(c(=O)c1C)Cc1cc3ccc(OC)cc3nc1-2. The first-order chi connectivity index (χ1) is 12.0. The Labute approximate surface area is 144 Å². The van der Waals surface area contributed by atoms with E-state index in [1.54, 1.807) is 25.5 Å². The van der Waals surface area contributed by atoms with Gasteiger partial charge in [0.2, 0.25) is 0 Å². The average molecular weight is 334 g/mol. The van der Waals surface area contributed by atoms with Crippen LogP contribution in [-0.2, 0) is 6.54 Å². The van der Waals surface area contributed by atoms with Crippen molar-refractivity contribution in [3.8, 4) is 17.1 Å². The Bertz CT molecular complexity index is 1100. The smallest absolute Gasteiger partial charge is 0.255 e. The fraction of sp³-hybridized carbons (Fsp3) is 0.250.